The zero-order valence-corrected chi connectivity index (χ0v) is 16.5. The van der Waals surface area contributed by atoms with Crippen LogP contribution in [0.1, 0.15) is 20.3 Å². The Balaban J connectivity index is 2.44. The van der Waals surface area contributed by atoms with E-state index in [1.165, 1.54) is 17.0 Å². The van der Waals surface area contributed by atoms with Gasteiger partial charge in [-0.3, -0.25) is 19.7 Å². The lowest BCUT2D eigenvalue weighted by Crippen LogP contribution is -2.51. The molecule has 1 saturated heterocycles. The fraction of sp³-hybridized carbons (Fsp3) is 0.529. The van der Waals surface area contributed by atoms with Crippen LogP contribution in [0.15, 0.2) is 29.2 Å². The smallest absolute Gasteiger partial charge is 0.307 e. The van der Waals surface area contributed by atoms with Crippen molar-refractivity contribution < 1.29 is 28.0 Å². The van der Waals surface area contributed by atoms with Gasteiger partial charge in [-0.1, -0.05) is 12.1 Å². The van der Waals surface area contributed by atoms with Crippen LogP contribution < -0.4 is 0 Å². The van der Waals surface area contributed by atoms with Gasteiger partial charge in [0.05, 0.1) is 16.8 Å². The largest absolute Gasteiger partial charge is 0.481 e. The number of aliphatic carboxylic acids is 1. The van der Waals surface area contributed by atoms with Gasteiger partial charge in [0.2, 0.25) is 15.9 Å². The lowest BCUT2D eigenvalue weighted by Gasteiger charge is -2.36. The second-order valence-corrected chi connectivity index (χ2v) is 8.43. The third-order valence-electron chi connectivity index (χ3n) is 4.87. The molecule has 1 aromatic carbocycles. The molecular weight excluding hydrogens is 390 g/mol. The number of nitro benzene ring substituents is 1. The predicted octanol–water partition coefficient (Wildman–Crippen LogP) is 1.17. The highest BCUT2D eigenvalue weighted by Gasteiger charge is 2.42. The molecule has 1 heterocycles. The molecule has 1 aliphatic rings. The standard InChI is InChI=1S/C17H23N3O7S/c1-3-18(4-2)16(21)12-9-13(17(22)23)11-19(10-12)28(26,27)15-8-6-5-7-14(15)20(24)25/h5-8,12-13H,3-4,9-11H2,1-2H3,(H,22,23)/t12-,13+/m1/s1. The first-order valence-electron chi connectivity index (χ1n) is 8.88. The molecule has 11 heteroatoms. The van der Waals surface area contributed by atoms with Crippen molar-refractivity contribution in [2.75, 3.05) is 26.2 Å². The SMILES string of the molecule is CCN(CC)C(=O)[C@@H]1C[C@H](C(=O)O)CN(S(=O)(=O)c2ccccc2[N+](=O)[O-])C1. The zero-order valence-electron chi connectivity index (χ0n) is 15.6. The van der Waals surface area contributed by atoms with Gasteiger partial charge >= 0.3 is 5.97 Å². The summed E-state index contributed by atoms with van der Waals surface area (Å²) in [7, 11) is -4.35. The number of carbonyl (C=O) groups excluding carboxylic acids is 1. The molecule has 0 spiro atoms. The van der Waals surface area contributed by atoms with Gasteiger partial charge in [0.1, 0.15) is 0 Å². The fourth-order valence-corrected chi connectivity index (χ4v) is 5.06. The molecule has 2 atom stereocenters. The molecule has 0 aromatic heterocycles. The van der Waals surface area contributed by atoms with Gasteiger partial charge in [-0.25, -0.2) is 8.42 Å². The quantitative estimate of drug-likeness (QED) is 0.523. The molecule has 1 fully saturated rings. The molecule has 28 heavy (non-hydrogen) atoms. The molecule has 0 radical (unpaired) electrons. The second kappa shape index (κ2) is 8.65. The number of nitrogens with zero attached hydrogens (tertiary/aromatic N) is 3. The zero-order chi connectivity index (χ0) is 21.1. The third kappa shape index (κ3) is 4.30. The number of para-hydroxylation sites is 1. The third-order valence-corrected chi connectivity index (χ3v) is 6.75. The number of amides is 1. The summed E-state index contributed by atoms with van der Waals surface area (Å²) >= 11 is 0. The average Bonchev–Trinajstić information content (AvgIpc) is 2.68. The van der Waals surface area contributed by atoms with Gasteiger partial charge in [0, 0.05) is 32.2 Å². The van der Waals surface area contributed by atoms with Crippen LogP contribution >= 0.6 is 0 Å². The maximum absolute atomic E-state index is 13.1. The van der Waals surface area contributed by atoms with Crippen molar-refractivity contribution >= 4 is 27.6 Å². The Bertz CT molecular complexity index is 867. The number of hydrogen-bond donors (Lipinski definition) is 1. The Morgan fingerprint density at radius 3 is 2.32 bits per heavy atom. The average molecular weight is 413 g/mol. The molecule has 1 aliphatic heterocycles. The van der Waals surface area contributed by atoms with Crippen LogP contribution in [0.2, 0.25) is 0 Å². The minimum Gasteiger partial charge on any atom is -0.481 e. The number of carbonyl (C=O) groups is 2. The molecule has 154 valence electrons. The fourth-order valence-electron chi connectivity index (χ4n) is 3.37. The first-order valence-corrected chi connectivity index (χ1v) is 10.3. The van der Waals surface area contributed by atoms with Crippen LogP contribution in [-0.2, 0) is 19.6 Å². The van der Waals surface area contributed by atoms with E-state index in [0.29, 0.717) is 13.1 Å². The van der Waals surface area contributed by atoms with Crippen LogP contribution in [0, 0.1) is 22.0 Å². The van der Waals surface area contributed by atoms with Gasteiger partial charge in [-0.05, 0) is 26.3 Å². The number of hydrogen-bond acceptors (Lipinski definition) is 6. The summed E-state index contributed by atoms with van der Waals surface area (Å²) in [5.41, 5.74) is -0.591. The van der Waals surface area contributed by atoms with Crippen LogP contribution in [0.4, 0.5) is 5.69 Å². The first-order chi connectivity index (χ1) is 13.1. The summed E-state index contributed by atoms with van der Waals surface area (Å²) < 4.78 is 27.0. The van der Waals surface area contributed by atoms with Crippen molar-refractivity contribution in [1.82, 2.24) is 9.21 Å². The van der Waals surface area contributed by atoms with Gasteiger partial charge in [0.15, 0.2) is 4.90 Å². The highest BCUT2D eigenvalue weighted by Crippen LogP contribution is 2.32. The number of sulfonamides is 1. The van der Waals surface area contributed by atoms with E-state index in [1.54, 1.807) is 13.8 Å². The van der Waals surface area contributed by atoms with E-state index in [4.69, 9.17) is 0 Å². The topological polar surface area (TPSA) is 138 Å². The molecule has 2 rings (SSSR count). The Morgan fingerprint density at radius 1 is 1.21 bits per heavy atom. The number of carboxylic acid groups (broad SMARTS) is 1. The normalized spacial score (nSPS) is 20.5. The summed E-state index contributed by atoms with van der Waals surface area (Å²) in [6.07, 6.45) is 0.0214. The van der Waals surface area contributed by atoms with Gasteiger partial charge < -0.3 is 10.0 Å². The molecule has 0 unspecified atom stereocenters. The number of benzene rings is 1. The minimum absolute atomic E-state index is 0.0214. The minimum atomic E-state index is -4.35. The first kappa shape index (κ1) is 21.8. The van der Waals surface area contributed by atoms with E-state index < -0.39 is 43.3 Å². The van der Waals surface area contributed by atoms with Crippen molar-refractivity contribution in [3.05, 3.63) is 34.4 Å². The lowest BCUT2D eigenvalue weighted by molar-refractivity contribution is -0.387. The number of rotatable bonds is 7. The summed E-state index contributed by atoms with van der Waals surface area (Å²) in [6.45, 7) is 3.84. The lowest BCUT2D eigenvalue weighted by atomic mass is 9.89. The highest BCUT2D eigenvalue weighted by molar-refractivity contribution is 7.89. The summed E-state index contributed by atoms with van der Waals surface area (Å²) in [5.74, 6) is -3.43. The molecular formula is C17H23N3O7S. The van der Waals surface area contributed by atoms with Gasteiger partial charge in [-0.2, -0.15) is 4.31 Å². The summed E-state index contributed by atoms with van der Waals surface area (Å²) in [4.78, 5) is 35.7. The van der Waals surface area contributed by atoms with Crippen LogP contribution in [0.5, 0.6) is 0 Å². The maximum Gasteiger partial charge on any atom is 0.307 e. The molecule has 1 amide bonds. The van der Waals surface area contributed by atoms with E-state index >= 15 is 0 Å². The molecule has 0 saturated carbocycles. The Morgan fingerprint density at radius 2 is 1.79 bits per heavy atom. The van der Waals surface area contributed by atoms with E-state index in [-0.39, 0.29) is 25.4 Å². The van der Waals surface area contributed by atoms with Gasteiger partial charge in [-0.15, -0.1) is 0 Å². The maximum atomic E-state index is 13.1. The van der Waals surface area contributed by atoms with E-state index in [2.05, 4.69) is 0 Å². The molecule has 1 N–H and O–H groups in total. The van der Waals surface area contributed by atoms with Crippen molar-refractivity contribution in [2.24, 2.45) is 11.8 Å². The molecule has 0 bridgehead atoms. The molecule has 0 aliphatic carbocycles. The van der Waals surface area contributed by atoms with Crippen LogP contribution in [-0.4, -0.2) is 65.7 Å². The Labute approximate surface area is 162 Å². The highest BCUT2D eigenvalue weighted by atomic mass is 32.2. The van der Waals surface area contributed by atoms with E-state index in [1.807, 2.05) is 0 Å². The van der Waals surface area contributed by atoms with E-state index in [9.17, 15) is 33.2 Å². The number of carboxylic acids is 1. The van der Waals surface area contributed by atoms with E-state index in [0.717, 1.165) is 16.4 Å². The molecule has 1 aromatic rings. The van der Waals surface area contributed by atoms with Crippen molar-refractivity contribution in [1.29, 1.82) is 0 Å². The van der Waals surface area contributed by atoms with Crippen molar-refractivity contribution in [2.45, 2.75) is 25.2 Å². The second-order valence-electron chi connectivity index (χ2n) is 6.53. The van der Waals surface area contributed by atoms with Crippen molar-refractivity contribution in [3.8, 4) is 0 Å². The van der Waals surface area contributed by atoms with Crippen molar-refractivity contribution in [3.63, 3.8) is 0 Å². The van der Waals surface area contributed by atoms with Crippen LogP contribution in [0.3, 0.4) is 0 Å². The predicted molar refractivity (Wildman–Crippen MR) is 99.0 cm³/mol. The van der Waals surface area contributed by atoms with Gasteiger partial charge in [0.25, 0.3) is 5.69 Å². The van der Waals surface area contributed by atoms with Crippen LogP contribution in [0.25, 0.3) is 0 Å². The monoisotopic (exact) mass is 413 g/mol. The Hall–Kier alpha value is -2.53. The molecule has 10 nitrogen and oxygen atoms in total. The summed E-state index contributed by atoms with van der Waals surface area (Å²) in [5, 5.41) is 20.7. The summed E-state index contributed by atoms with van der Waals surface area (Å²) in [6, 6.07) is 4.89. The Kier molecular flexibility index (Phi) is 6.73. The number of piperidine rings is 1. The number of nitro groups is 1.